The third kappa shape index (κ3) is 3.10. The topological polar surface area (TPSA) is 59.8 Å². The van der Waals surface area contributed by atoms with Crippen molar-refractivity contribution in [3.05, 3.63) is 63.4 Å². The molecule has 2 heterocycles. The second-order valence-electron chi connectivity index (χ2n) is 5.68. The van der Waals surface area contributed by atoms with Gasteiger partial charge in [0.15, 0.2) is 5.82 Å². The van der Waals surface area contributed by atoms with Crippen molar-refractivity contribution < 1.29 is 4.39 Å². The van der Waals surface area contributed by atoms with Gasteiger partial charge in [0.05, 0.1) is 17.2 Å². The number of pyridine rings is 1. The highest BCUT2D eigenvalue weighted by atomic mass is 35.5. The Balaban J connectivity index is 2.00. The van der Waals surface area contributed by atoms with Gasteiger partial charge in [-0.1, -0.05) is 17.7 Å². The quantitative estimate of drug-likeness (QED) is 0.781. The average Bonchev–Trinajstić information content (AvgIpc) is 2.53. The van der Waals surface area contributed by atoms with Crippen LogP contribution in [-0.4, -0.2) is 14.5 Å². The van der Waals surface area contributed by atoms with Crippen LogP contribution in [-0.2, 0) is 6.54 Å². The number of hydrogen-bond donors (Lipinski definition) is 1. The molecule has 0 atom stereocenters. The molecule has 0 aliphatic rings. The van der Waals surface area contributed by atoms with Gasteiger partial charge in [0.25, 0.3) is 5.56 Å². The lowest BCUT2D eigenvalue weighted by molar-refractivity contribution is 0.598. The fourth-order valence-electron chi connectivity index (χ4n) is 2.52. The van der Waals surface area contributed by atoms with Crippen LogP contribution in [0.25, 0.3) is 11.0 Å². The number of aromatic nitrogens is 3. The molecule has 5 nitrogen and oxygen atoms in total. The van der Waals surface area contributed by atoms with E-state index >= 15 is 0 Å². The summed E-state index contributed by atoms with van der Waals surface area (Å²) in [6.07, 6.45) is 3.26. The van der Waals surface area contributed by atoms with E-state index in [1.807, 2.05) is 13.8 Å². The van der Waals surface area contributed by atoms with E-state index in [9.17, 15) is 9.18 Å². The first-order valence-electron chi connectivity index (χ1n) is 7.51. The predicted octanol–water partition coefficient (Wildman–Crippen LogP) is 3.78. The van der Waals surface area contributed by atoms with Crippen LogP contribution >= 0.6 is 11.6 Å². The summed E-state index contributed by atoms with van der Waals surface area (Å²) in [5.41, 5.74) is 1.81. The Labute approximate surface area is 143 Å². The van der Waals surface area contributed by atoms with Gasteiger partial charge in [-0.05, 0) is 37.6 Å². The maximum Gasteiger partial charge on any atom is 0.294 e. The highest BCUT2D eigenvalue weighted by Gasteiger charge is 2.13. The Morgan fingerprint density at radius 3 is 2.83 bits per heavy atom. The van der Waals surface area contributed by atoms with Crippen molar-refractivity contribution in [2.75, 3.05) is 5.32 Å². The van der Waals surface area contributed by atoms with E-state index in [1.54, 1.807) is 29.1 Å². The second-order valence-corrected chi connectivity index (χ2v) is 6.09. The van der Waals surface area contributed by atoms with Gasteiger partial charge in [0, 0.05) is 23.8 Å². The van der Waals surface area contributed by atoms with Gasteiger partial charge in [-0.15, -0.1) is 0 Å². The van der Waals surface area contributed by atoms with Crippen LogP contribution in [0.3, 0.4) is 0 Å². The lowest BCUT2D eigenvalue weighted by Crippen LogP contribution is -2.27. The highest BCUT2D eigenvalue weighted by Crippen LogP contribution is 2.19. The SMILES string of the molecule is CC(C)n1c(=O)c(NCc2ccc(F)cc2Cl)nc2ccncc21. The number of anilines is 1. The molecule has 24 heavy (non-hydrogen) atoms. The summed E-state index contributed by atoms with van der Waals surface area (Å²) in [7, 11) is 0. The van der Waals surface area contributed by atoms with Gasteiger partial charge in [-0.25, -0.2) is 9.37 Å². The number of rotatable bonds is 4. The molecule has 0 bridgehead atoms. The molecule has 3 rings (SSSR count). The van der Waals surface area contributed by atoms with Crippen molar-refractivity contribution in [2.24, 2.45) is 0 Å². The Kier molecular flexibility index (Phi) is 4.49. The van der Waals surface area contributed by atoms with Crippen molar-refractivity contribution >= 4 is 28.5 Å². The number of fused-ring (bicyclic) bond motifs is 1. The second kappa shape index (κ2) is 6.57. The summed E-state index contributed by atoms with van der Waals surface area (Å²) in [6, 6.07) is 5.86. The van der Waals surface area contributed by atoms with Crippen molar-refractivity contribution in [1.82, 2.24) is 14.5 Å². The summed E-state index contributed by atoms with van der Waals surface area (Å²) in [6.45, 7) is 4.12. The zero-order valence-electron chi connectivity index (χ0n) is 13.3. The fourth-order valence-corrected chi connectivity index (χ4v) is 2.76. The smallest absolute Gasteiger partial charge is 0.294 e. The van der Waals surface area contributed by atoms with Crippen LogP contribution in [0.15, 0.2) is 41.5 Å². The van der Waals surface area contributed by atoms with Crippen LogP contribution in [0, 0.1) is 5.82 Å². The first-order chi connectivity index (χ1) is 11.5. The van der Waals surface area contributed by atoms with E-state index < -0.39 is 5.82 Å². The normalized spacial score (nSPS) is 11.2. The first kappa shape index (κ1) is 16.4. The van der Waals surface area contributed by atoms with Gasteiger partial charge < -0.3 is 5.32 Å². The Hall–Kier alpha value is -2.47. The maximum absolute atomic E-state index is 13.1. The lowest BCUT2D eigenvalue weighted by Gasteiger charge is -2.15. The molecule has 0 aliphatic carbocycles. The molecular formula is C17H16ClFN4O. The van der Waals surface area contributed by atoms with Gasteiger partial charge in [-0.2, -0.15) is 0 Å². The molecule has 2 aromatic heterocycles. The van der Waals surface area contributed by atoms with Crippen LogP contribution in [0.5, 0.6) is 0 Å². The van der Waals surface area contributed by atoms with E-state index in [-0.39, 0.29) is 24.0 Å². The van der Waals surface area contributed by atoms with Gasteiger partial charge in [-0.3, -0.25) is 14.3 Å². The van der Waals surface area contributed by atoms with E-state index in [0.717, 1.165) is 0 Å². The number of nitrogens with zero attached hydrogens (tertiary/aromatic N) is 3. The summed E-state index contributed by atoms with van der Waals surface area (Å²) in [5.74, 6) is -0.176. The van der Waals surface area contributed by atoms with Crippen LogP contribution in [0.2, 0.25) is 5.02 Å². The lowest BCUT2D eigenvalue weighted by atomic mass is 10.2. The zero-order valence-corrected chi connectivity index (χ0v) is 14.0. The summed E-state index contributed by atoms with van der Waals surface area (Å²) >= 11 is 6.02. The first-order valence-corrected chi connectivity index (χ1v) is 7.89. The third-order valence-electron chi connectivity index (χ3n) is 3.67. The van der Waals surface area contributed by atoms with E-state index in [2.05, 4.69) is 15.3 Å². The molecule has 0 saturated heterocycles. The third-order valence-corrected chi connectivity index (χ3v) is 4.02. The van der Waals surface area contributed by atoms with E-state index in [1.165, 1.54) is 12.1 Å². The van der Waals surface area contributed by atoms with Crippen molar-refractivity contribution in [3.63, 3.8) is 0 Å². The van der Waals surface area contributed by atoms with Gasteiger partial charge >= 0.3 is 0 Å². The van der Waals surface area contributed by atoms with Crippen molar-refractivity contribution in [1.29, 1.82) is 0 Å². The maximum atomic E-state index is 13.1. The molecule has 124 valence electrons. The van der Waals surface area contributed by atoms with Gasteiger partial charge in [0.1, 0.15) is 5.82 Å². The van der Waals surface area contributed by atoms with E-state index in [0.29, 0.717) is 21.6 Å². The van der Waals surface area contributed by atoms with Crippen LogP contribution < -0.4 is 10.9 Å². The summed E-state index contributed by atoms with van der Waals surface area (Å²) < 4.78 is 14.8. The summed E-state index contributed by atoms with van der Waals surface area (Å²) in [5, 5.41) is 3.31. The molecule has 0 radical (unpaired) electrons. The Bertz CT molecular complexity index is 955. The monoisotopic (exact) mass is 346 g/mol. The van der Waals surface area contributed by atoms with Crippen molar-refractivity contribution in [2.45, 2.75) is 26.4 Å². The molecule has 0 saturated carbocycles. The van der Waals surface area contributed by atoms with E-state index in [4.69, 9.17) is 11.6 Å². The van der Waals surface area contributed by atoms with Gasteiger partial charge in [0.2, 0.25) is 0 Å². The molecule has 0 amide bonds. The molecule has 1 aromatic carbocycles. The van der Waals surface area contributed by atoms with Crippen LogP contribution in [0.4, 0.5) is 10.2 Å². The number of halogens is 2. The minimum absolute atomic E-state index is 0.0397. The fraction of sp³-hybridized carbons (Fsp3) is 0.235. The summed E-state index contributed by atoms with van der Waals surface area (Å²) in [4.78, 5) is 21.1. The molecule has 0 aliphatic heterocycles. The Morgan fingerprint density at radius 2 is 2.12 bits per heavy atom. The van der Waals surface area contributed by atoms with Crippen molar-refractivity contribution in [3.8, 4) is 0 Å². The minimum Gasteiger partial charge on any atom is -0.361 e. The largest absolute Gasteiger partial charge is 0.361 e. The molecule has 7 heteroatoms. The number of nitrogens with one attached hydrogen (secondary N) is 1. The van der Waals surface area contributed by atoms with Crippen LogP contribution in [0.1, 0.15) is 25.5 Å². The molecule has 0 spiro atoms. The Morgan fingerprint density at radius 1 is 1.33 bits per heavy atom. The number of hydrogen-bond acceptors (Lipinski definition) is 4. The molecule has 0 fully saturated rings. The highest BCUT2D eigenvalue weighted by molar-refractivity contribution is 6.31. The molecular weight excluding hydrogens is 331 g/mol. The number of benzene rings is 1. The molecule has 3 aromatic rings. The predicted molar refractivity (Wildman–Crippen MR) is 92.9 cm³/mol. The molecule has 0 unspecified atom stereocenters. The zero-order chi connectivity index (χ0) is 17.3. The standard InChI is InChI=1S/C17H16ClFN4O/c1-10(2)23-15-9-20-6-5-14(15)22-16(17(23)24)21-8-11-3-4-12(19)7-13(11)18/h3-7,9-10H,8H2,1-2H3,(H,21,22). The molecule has 1 N–H and O–H groups in total. The average molecular weight is 347 g/mol. The minimum atomic E-state index is -0.401.